The van der Waals surface area contributed by atoms with E-state index in [1.807, 2.05) is 0 Å². The molecule has 0 aromatic heterocycles. The standard InChI is InChI=1S/C10H11BrF2O/c1-10(2,14-9(12)13)7-3-5-8(11)6-4-7/h3-6,9H,1-2H3. The molecule has 0 unspecified atom stereocenters. The Labute approximate surface area is 90.2 Å². The molecule has 0 saturated heterocycles. The molecule has 0 atom stereocenters. The van der Waals surface area contributed by atoms with Gasteiger partial charge in [-0.05, 0) is 31.5 Å². The van der Waals surface area contributed by atoms with Gasteiger partial charge in [-0.2, -0.15) is 8.78 Å². The quantitative estimate of drug-likeness (QED) is 0.804. The molecule has 0 aliphatic heterocycles. The third-order valence-corrected chi connectivity index (χ3v) is 2.45. The fraction of sp³-hybridized carbons (Fsp3) is 0.400. The van der Waals surface area contributed by atoms with Gasteiger partial charge in [0.1, 0.15) is 0 Å². The molecule has 1 aromatic rings. The smallest absolute Gasteiger partial charge is 0.312 e. The average Bonchev–Trinajstić information content (AvgIpc) is 2.02. The first-order valence-electron chi connectivity index (χ1n) is 4.14. The van der Waals surface area contributed by atoms with Crippen molar-refractivity contribution in [3.63, 3.8) is 0 Å². The molecule has 0 amide bonds. The SMILES string of the molecule is CC(C)(OC(F)F)c1ccc(Br)cc1. The minimum Gasteiger partial charge on any atom is -0.312 e. The Bertz CT molecular complexity index is 295. The van der Waals surface area contributed by atoms with Crippen LogP contribution in [0.3, 0.4) is 0 Å². The van der Waals surface area contributed by atoms with E-state index < -0.39 is 12.2 Å². The zero-order chi connectivity index (χ0) is 10.8. The highest BCUT2D eigenvalue weighted by molar-refractivity contribution is 9.10. The molecule has 4 heteroatoms. The van der Waals surface area contributed by atoms with Crippen molar-refractivity contribution in [2.45, 2.75) is 26.1 Å². The van der Waals surface area contributed by atoms with Gasteiger partial charge in [-0.3, -0.25) is 0 Å². The summed E-state index contributed by atoms with van der Waals surface area (Å²) in [6.45, 7) is 0.471. The van der Waals surface area contributed by atoms with Crippen molar-refractivity contribution in [3.8, 4) is 0 Å². The molecule has 0 bridgehead atoms. The van der Waals surface area contributed by atoms with E-state index in [-0.39, 0.29) is 0 Å². The predicted molar refractivity (Wildman–Crippen MR) is 54.3 cm³/mol. The van der Waals surface area contributed by atoms with Crippen LogP contribution >= 0.6 is 15.9 Å². The van der Waals surface area contributed by atoms with Gasteiger partial charge in [0, 0.05) is 4.47 Å². The minimum atomic E-state index is -2.76. The van der Waals surface area contributed by atoms with Crippen molar-refractivity contribution in [3.05, 3.63) is 34.3 Å². The number of halogens is 3. The maximum Gasteiger partial charge on any atom is 0.346 e. The van der Waals surface area contributed by atoms with Crippen molar-refractivity contribution in [1.82, 2.24) is 0 Å². The van der Waals surface area contributed by atoms with Crippen molar-refractivity contribution in [2.75, 3.05) is 0 Å². The molecule has 0 aliphatic carbocycles. The number of alkyl halides is 2. The zero-order valence-corrected chi connectivity index (χ0v) is 9.51. The highest BCUT2D eigenvalue weighted by atomic mass is 79.9. The summed E-state index contributed by atoms with van der Waals surface area (Å²) in [4.78, 5) is 0. The average molecular weight is 265 g/mol. The Morgan fingerprint density at radius 3 is 2.14 bits per heavy atom. The molecule has 0 N–H and O–H groups in total. The Kier molecular flexibility index (Phi) is 3.61. The molecule has 0 heterocycles. The van der Waals surface area contributed by atoms with Crippen molar-refractivity contribution in [2.24, 2.45) is 0 Å². The highest BCUT2D eigenvalue weighted by Crippen LogP contribution is 2.27. The van der Waals surface area contributed by atoms with Gasteiger partial charge in [-0.15, -0.1) is 0 Å². The van der Waals surface area contributed by atoms with E-state index in [1.54, 1.807) is 38.1 Å². The number of hydrogen-bond acceptors (Lipinski definition) is 1. The number of ether oxygens (including phenoxy) is 1. The summed E-state index contributed by atoms with van der Waals surface area (Å²) in [5.74, 6) is 0. The van der Waals surface area contributed by atoms with E-state index in [1.165, 1.54) is 0 Å². The van der Waals surface area contributed by atoms with Crippen LogP contribution in [0.5, 0.6) is 0 Å². The van der Waals surface area contributed by atoms with Crippen molar-refractivity contribution >= 4 is 15.9 Å². The van der Waals surface area contributed by atoms with Crippen LogP contribution < -0.4 is 0 Å². The molecule has 0 saturated carbocycles. The lowest BCUT2D eigenvalue weighted by Gasteiger charge is -2.25. The summed E-state index contributed by atoms with van der Waals surface area (Å²) in [6.07, 6.45) is 0. The summed E-state index contributed by atoms with van der Waals surface area (Å²) in [5.41, 5.74) is -0.240. The lowest BCUT2D eigenvalue weighted by molar-refractivity contribution is -0.200. The Morgan fingerprint density at radius 2 is 1.71 bits per heavy atom. The Balaban J connectivity index is 2.86. The Hall–Kier alpha value is -0.480. The highest BCUT2D eigenvalue weighted by Gasteiger charge is 2.25. The zero-order valence-electron chi connectivity index (χ0n) is 7.93. The van der Waals surface area contributed by atoms with Crippen LogP contribution in [0.1, 0.15) is 19.4 Å². The summed E-state index contributed by atoms with van der Waals surface area (Å²) in [7, 11) is 0. The lowest BCUT2D eigenvalue weighted by Crippen LogP contribution is -2.24. The predicted octanol–water partition coefficient (Wildman–Crippen LogP) is 3.92. The van der Waals surface area contributed by atoms with Gasteiger partial charge in [-0.1, -0.05) is 28.1 Å². The number of hydrogen-bond donors (Lipinski definition) is 0. The summed E-state index contributed by atoms with van der Waals surface area (Å²) >= 11 is 3.27. The van der Waals surface area contributed by atoms with E-state index in [0.29, 0.717) is 0 Å². The third kappa shape index (κ3) is 3.03. The fourth-order valence-corrected chi connectivity index (χ4v) is 1.41. The maximum atomic E-state index is 12.1. The minimum absolute atomic E-state index is 0.723. The van der Waals surface area contributed by atoms with Gasteiger partial charge >= 0.3 is 6.61 Å². The largest absolute Gasteiger partial charge is 0.346 e. The van der Waals surface area contributed by atoms with Gasteiger partial charge in [0.05, 0.1) is 5.60 Å². The molecule has 0 fully saturated rings. The van der Waals surface area contributed by atoms with Crippen LogP contribution in [0.4, 0.5) is 8.78 Å². The lowest BCUT2D eigenvalue weighted by atomic mass is 9.98. The van der Waals surface area contributed by atoms with Gasteiger partial charge in [-0.25, -0.2) is 0 Å². The van der Waals surface area contributed by atoms with Crippen LogP contribution in [-0.4, -0.2) is 6.61 Å². The molecule has 1 rings (SSSR count). The molecule has 1 nitrogen and oxygen atoms in total. The van der Waals surface area contributed by atoms with Crippen LogP contribution in [-0.2, 0) is 10.3 Å². The topological polar surface area (TPSA) is 9.23 Å². The van der Waals surface area contributed by atoms with Crippen molar-refractivity contribution < 1.29 is 13.5 Å². The van der Waals surface area contributed by atoms with E-state index in [4.69, 9.17) is 0 Å². The fourth-order valence-electron chi connectivity index (χ4n) is 1.14. The van der Waals surface area contributed by atoms with Gasteiger partial charge < -0.3 is 4.74 Å². The Morgan fingerprint density at radius 1 is 1.21 bits per heavy atom. The monoisotopic (exact) mass is 264 g/mol. The molecule has 1 aromatic carbocycles. The molecule has 0 aliphatic rings. The molecule has 78 valence electrons. The number of rotatable bonds is 3. The third-order valence-electron chi connectivity index (χ3n) is 1.92. The first-order valence-corrected chi connectivity index (χ1v) is 4.93. The summed E-state index contributed by atoms with van der Waals surface area (Å²) < 4.78 is 29.6. The summed E-state index contributed by atoms with van der Waals surface area (Å²) in [6, 6.07) is 7.11. The summed E-state index contributed by atoms with van der Waals surface area (Å²) in [5, 5.41) is 0. The van der Waals surface area contributed by atoms with Gasteiger partial charge in [0.15, 0.2) is 0 Å². The second-order valence-corrected chi connectivity index (χ2v) is 4.31. The van der Waals surface area contributed by atoms with Gasteiger partial charge in [0.25, 0.3) is 0 Å². The van der Waals surface area contributed by atoms with Crippen LogP contribution in [0.15, 0.2) is 28.7 Å². The number of benzene rings is 1. The first-order chi connectivity index (χ1) is 6.42. The van der Waals surface area contributed by atoms with E-state index in [0.717, 1.165) is 10.0 Å². The second-order valence-electron chi connectivity index (χ2n) is 3.40. The van der Waals surface area contributed by atoms with E-state index in [2.05, 4.69) is 20.7 Å². The van der Waals surface area contributed by atoms with Crippen molar-refractivity contribution in [1.29, 1.82) is 0 Å². The maximum absolute atomic E-state index is 12.1. The normalized spacial score (nSPS) is 12.1. The van der Waals surface area contributed by atoms with E-state index in [9.17, 15) is 8.78 Å². The molecular formula is C10H11BrF2O. The van der Waals surface area contributed by atoms with Crippen LogP contribution in [0, 0.1) is 0 Å². The van der Waals surface area contributed by atoms with Crippen LogP contribution in [0.2, 0.25) is 0 Å². The molecule has 0 radical (unpaired) electrons. The second kappa shape index (κ2) is 4.36. The molecular weight excluding hydrogens is 254 g/mol. The van der Waals surface area contributed by atoms with Crippen LogP contribution in [0.25, 0.3) is 0 Å². The molecule has 14 heavy (non-hydrogen) atoms. The molecule has 0 spiro atoms. The van der Waals surface area contributed by atoms with E-state index >= 15 is 0 Å². The van der Waals surface area contributed by atoms with Gasteiger partial charge in [0.2, 0.25) is 0 Å². The first kappa shape index (κ1) is 11.6.